The van der Waals surface area contributed by atoms with Crippen molar-refractivity contribution in [2.75, 3.05) is 24.8 Å². The van der Waals surface area contributed by atoms with E-state index in [9.17, 15) is 4.79 Å². The molecule has 0 radical (unpaired) electrons. The lowest BCUT2D eigenvalue weighted by atomic mass is 10.1. The van der Waals surface area contributed by atoms with Crippen molar-refractivity contribution in [3.8, 4) is 5.75 Å². The molecule has 2 N–H and O–H groups in total. The quantitative estimate of drug-likeness (QED) is 0.859. The smallest absolute Gasteiger partial charge is 0.258 e. The highest BCUT2D eigenvalue weighted by Crippen LogP contribution is 2.21. The van der Waals surface area contributed by atoms with E-state index in [2.05, 4.69) is 0 Å². The SMILES string of the molecule is COc1cc(N)cc(C(=O)N(C)c2ccccc2)c1. The van der Waals surface area contributed by atoms with Crippen LogP contribution in [0.3, 0.4) is 0 Å². The van der Waals surface area contributed by atoms with Gasteiger partial charge in [-0.2, -0.15) is 0 Å². The zero-order valence-corrected chi connectivity index (χ0v) is 11.0. The van der Waals surface area contributed by atoms with E-state index in [-0.39, 0.29) is 5.91 Å². The first kappa shape index (κ1) is 13.0. The summed E-state index contributed by atoms with van der Waals surface area (Å²) in [6.45, 7) is 0. The van der Waals surface area contributed by atoms with E-state index < -0.39 is 0 Å². The fourth-order valence-corrected chi connectivity index (χ4v) is 1.83. The number of hydrogen-bond acceptors (Lipinski definition) is 3. The average molecular weight is 256 g/mol. The molecule has 0 unspecified atom stereocenters. The first-order valence-corrected chi connectivity index (χ1v) is 5.89. The lowest BCUT2D eigenvalue weighted by Crippen LogP contribution is -2.26. The van der Waals surface area contributed by atoms with Gasteiger partial charge in [-0.1, -0.05) is 18.2 Å². The number of rotatable bonds is 3. The number of nitrogens with zero attached hydrogens (tertiary/aromatic N) is 1. The molecule has 19 heavy (non-hydrogen) atoms. The summed E-state index contributed by atoms with van der Waals surface area (Å²) in [5, 5.41) is 0. The minimum atomic E-state index is -0.128. The second-order valence-electron chi connectivity index (χ2n) is 4.19. The number of amides is 1. The van der Waals surface area contributed by atoms with Crippen LogP contribution >= 0.6 is 0 Å². The number of hydrogen-bond donors (Lipinski definition) is 1. The summed E-state index contributed by atoms with van der Waals surface area (Å²) in [5.74, 6) is 0.446. The largest absolute Gasteiger partial charge is 0.497 e. The van der Waals surface area contributed by atoms with Gasteiger partial charge >= 0.3 is 0 Å². The van der Waals surface area contributed by atoms with Gasteiger partial charge in [0.25, 0.3) is 5.91 Å². The van der Waals surface area contributed by atoms with Crippen LogP contribution in [0.4, 0.5) is 11.4 Å². The fourth-order valence-electron chi connectivity index (χ4n) is 1.83. The summed E-state index contributed by atoms with van der Waals surface area (Å²) in [6.07, 6.45) is 0. The molecule has 2 aromatic rings. The summed E-state index contributed by atoms with van der Waals surface area (Å²) in [4.78, 5) is 14.0. The molecule has 98 valence electrons. The van der Waals surface area contributed by atoms with Crippen molar-refractivity contribution in [1.82, 2.24) is 0 Å². The second-order valence-corrected chi connectivity index (χ2v) is 4.19. The summed E-state index contributed by atoms with van der Waals surface area (Å²) in [5.41, 5.74) is 7.60. The number of para-hydroxylation sites is 1. The molecule has 4 heteroatoms. The molecule has 0 saturated carbocycles. The first-order valence-electron chi connectivity index (χ1n) is 5.89. The van der Waals surface area contributed by atoms with Crippen molar-refractivity contribution < 1.29 is 9.53 Å². The molecular formula is C15H16N2O2. The van der Waals surface area contributed by atoms with Crippen LogP contribution in [0.2, 0.25) is 0 Å². The Bertz CT molecular complexity index is 582. The topological polar surface area (TPSA) is 55.6 Å². The van der Waals surface area contributed by atoms with Gasteiger partial charge in [-0.05, 0) is 24.3 Å². The minimum Gasteiger partial charge on any atom is -0.497 e. The van der Waals surface area contributed by atoms with E-state index >= 15 is 0 Å². The number of benzene rings is 2. The van der Waals surface area contributed by atoms with Crippen LogP contribution in [0, 0.1) is 0 Å². The standard InChI is InChI=1S/C15H16N2O2/c1-17(13-6-4-3-5-7-13)15(18)11-8-12(16)10-14(9-11)19-2/h3-10H,16H2,1-2H3. The molecule has 0 fully saturated rings. The summed E-state index contributed by atoms with van der Waals surface area (Å²) in [6, 6.07) is 14.4. The van der Waals surface area contributed by atoms with Gasteiger partial charge in [-0.15, -0.1) is 0 Å². The Morgan fingerprint density at radius 1 is 1.16 bits per heavy atom. The zero-order valence-electron chi connectivity index (χ0n) is 11.0. The Labute approximate surface area is 112 Å². The second kappa shape index (κ2) is 5.44. The lowest BCUT2D eigenvalue weighted by molar-refractivity contribution is 0.0992. The normalized spacial score (nSPS) is 10.0. The molecule has 2 aromatic carbocycles. The third kappa shape index (κ3) is 2.85. The van der Waals surface area contributed by atoms with Crippen molar-refractivity contribution in [3.63, 3.8) is 0 Å². The summed E-state index contributed by atoms with van der Waals surface area (Å²) >= 11 is 0. The van der Waals surface area contributed by atoms with Crippen molar-refractivity contribution in [2.45, 2.75) is 0 Å². The number of methoxy groups -OCH3 is 1. The van der Waals surface area contributed by atoms with Gasteiger partial charge in [-0.25, -0.2) is 0 Å². The number of carbonyl (C=O) groups is 1. The molecular weight excluding hydrogens is 240 g/mol. The highest BCUT2D eigenvalue weighted by Gasteiger charge is 2.14. The predicted octanol–water partition coefficient (Wildman–Crippen LogP) is 2.55. The Hall–Kier alpha value is -2.49. The molecule has 2 rings (SSSR count). The van der Waals surface area contributed by atoms with Crippen LogP contribution in [0.25, 0.3) is 0 Å². The first-order chi connectivity index (χ1) is 9.11. The van der Waals surface area contributed by atoms with Crippen molar-refractivity contribution >= 4 is 17.3 Å². The van der Waals surface area contributed by atoms with Crippen molar-refractivity contribution in [3.05, 3.63) is 54.1 Å². The Morgan fingerprint density at radius 3 is 2.47 bits per heavy atom. The predicted molar refractivity (Wildman–Crippen MR) is 76.6 cm³/mol. The zero-order chi connectivity index (χ0) is 13.8. The van der Waals surface area contributed by atoms with Crippen molar-refractivity contribution in [2.24, 2.45) is 0 Å². The summed E-state index contributed by atoms with van der Waals surface area (Å²) < 4.78 is 5.12. The van der Waals surface area contributed by atoms with E-state index in [1.807, 2.05) is 30.3 Å². The van der Waals surface area contributed by atoms with Crippen LogP contribution in [0.15, 0.2) is 48.5 Å². The molecule has 0 spiro atoms. The van der Waals surface area contributed by atoms with Gasteiger partial charge < -0.3 is 15.4 Å². The molecule has 0 atom stereocenters. The number of anilines is 2. The highest BCUT2D eigenvalue weighted by molar-refractivity contribution is 6.06. The maximum atomic E-state index is 12.4. The molecule has 0 aliphatic heterocycles. The highest BCUT2D eigenvalue weighted by atomic mass is 16.5. The molecule has 4 nitrogen and oxygen atoms in total. The van der Waals surface area contributed by atoms with E-state index in [0.717, 1.165) is 5.69 Å². The molecule has 0 heterocycles. The molecule has 0 aliphatic carbocycles. The Kier molecular flexibility index (Phi) is 3.71. The summed E-state index contributed by atoms with van der Waals surface area (Å²) in [7, 11) is 3.28. The number of nitrogen functional groups attached to an aromatic ring is 1. The average Bonchev–Trinajstić information content (AvgIpc) is 2.46. The van der Waals surface area contributed by atoms with E-state index in [1.165, 1.54) is 0 Å². The van der Waals surface area contributed by atoms with Crippen LogP contribution in [0.1, 0.15) is 10.4 Å². The van der Waals surface area contributed by atoms with E-state index in [1.54, 1.807) is 37.3 Å². The third-order valence-corrected chi connectivity index (χ3v) is 2.86. The molecule has 0 bridgehead atoms. The van der Waals surface area contributed by atoms with E-state index in [4.69, 9.17) is 10.5 Å². The number of ether oxygens (including phenoxy) is 1. The lowest BCUT2D eigenvalue weighted by Gasteiger charge is -2.18. The van der Waals surface area contributed by atoms with Crippen LogP contribution in [-0.4, -0.2) is 20.1 Å². The maximum absolute atomic E-state index is 12.4. The van der Waals surface area contributed by atoms with Gasteiger partial charge in [0.15, 0.2) is 0 Å². The van der Waals surface area contributed by atoms with Gasteiger partial charge in [0.05, 0.1) is 7.11 Å². The molecule has 1 amide bonds. The Balaban J connectivity index is 2.31. The van der Waals surface area contributed by atoms with Gasteiger partial charge in [0, 0.05) is 30.1 Å². The van der Waals surface area contributed by atoms with Gasteiger partial charge in [-0.3, -0.25) is 4.79 Å². The van der Waals surface area contributed by atoms with Gasteiger partial charge in [0.2, 0.25) is 0 Å². The minimum absolute atomic E-state index is 0.128. The van der Waals surface area contributed by atoms with Crippen molar-refractivity contribution in [1.29, 1.82) is 0 Å². The van der Waals surface area contributed by atoms with Gasteiger partial charge in [0.1, 0.15) is 5.75 Å². The van der Waals surface area contributed by atoms with Crippen LogP contribution < -0.4 is 15.4 Å². The monoisotopic (exact) mass is 256 g/mol. The Morgan fingerprint density at radius 2 is 1.84 bits per heavy atom. The molecule has 0 aromatic heterocycles. The maximum Gasteiger partial charge on any atom is 0.258 e. The van der Waals surface area contributed by atoms with Crippen LogP contribution in [-0.2, 0) is 0 Å². The van der Waals surface area contributed by atoms with E-state index in [0.29, 0.717) is 17.0 Å². The number of carbonyl (C=O) groups excluding carboxylic acids is 1. The number of nitrogens with two attached hydrogens (primary N) is 1. The molecule has 0 saturated heterocycles. The third-order valence-electron chi connectivity index (χ3n) is 2.86. The molecule has 0 aliphatic rings. The fraction of sp³-hybridized carbons (Fsp3) is 0.133. The van der Waals surface area contributed by atoms with Crippen LogP contribution in [0.5, 0.6) is 5.75 Å².